The fraction of sp³-hybridized carbons (Fsp3) is 0.250. The van der Waals surface area contributed by atoms with Gasteiger partial charge >= 0.3 is 0 Å². The Morgan fingerprint density at radius 3 is 2.75 bits per heavy atom. The van der Waals surface area contributed by atoms with Gasteiger partial charge < -0.3 is 5.73 Å². The Morgan fingerprint density at radius 1 is 1.15 bits per heavy atom. The largest absolute Gasteiger partial charge is 0.326 e. The lowest BCUT2D eigenvalue weighted by molar-refractivity contribution is 0.491. The fourth-order valence-electron chi connectivity index (χ4n) is 2.54. The topological polar surface area (TPSA) is 26.0 Å². The molecule has 1 nitrogen and oxygen atoms in total. The molecule has 0 bridgehead atoms. The molecule has 0 radical (unpaired) electrons. The van der Waals surface area contributed by atoms with Gasteiger partial charge in [-0.3, -0.25) is 0 Å². The Kier molecular flexibility index (Phi) is 3.76. The van der Waals surface area contributed by atoms with Crippen molar-refractivity contribution in [1.29, 1.82) is 0 Å². The summed E-state index contributed by atoms with van der Waals surface area (Å²) < 4.78 is 26.9. The van der Waals surface area contributed by atoms with E-state index in [0.717, 1.165) is 12.5 Å². The first kappa shape index (κ1) is 13.6. The van der Waals surface area contributed by atoms with Crippen LogP contribution >= 0.6 is 11.8 Å². The molecule has 2 unspecified atom stereocenters. The molecule has 3 rings (SSSR count). The standard InChI is InChI=1S/C16H15F2NS/c17-12-6-3-5-11(16(12)18)8-13(19)15-9-10-4-1-2-7-14(10)20-15/h1-7,13,15H,8-9,19H2. The van der Waals surface area contributed by atoms with Gasteiger partial charge in [0, 0.05) is 16.2 Å². The van der Waals surface area contributed by atoms with E-state index in [9.17, 15) is 8.78 Å². The van der Waals surface area contributed by atoms with Crippen molar-refractivity contribution in [2.24, 2.45) is 5.73 Å². The normalized spacial score (nSPS) is 18.9. The van der Waals surface area contributed by atoms with Gasteiger partial charge in [0.2, 0.25) is 0 Å². The SMILES string of the molecule is NC(Cc1cccc(F)c1F)C1Cc2ccccc2S1. The Hall–Kier alpha value is -1.39. The van der Waals surface area contributed by atoms with E-state index in [0.29, 0.717) is 12.0 Å². The zero-order chi connectivity index (χ0) is 14.1. The molecule has 0 saturated heterocycles. The molecule has 2 aromatic carbocycles. The summed E-state index contributed by atoms with van der Waals surface area (Å²) in [5.41, 5.74) is 7.84. The third kappa shape index (κ3) is 2.58. The number of hydrogen-bond acceptors (Lipinski definition) is 2. The highest BCUT2D eigenvalue weighted by atomic mass is 32.2. The predicted octanol–water partition coefficient (Wildman–Crippen LogP) is 3.55. The summed E-state index contributed by atoms with van der Waals surface area (Å²) >= 11 is 1.73. The van der Waals surface area contributed by atoms with Gasteiger partial charge in [0.05, 0.1) is 0 Å². The lowest BCUT2D eigenvalue weighted by atomic mass is 9.99. The number of rotatable bonds is 3. The molecular weight excluding hydrogens is 276 g/mol. The average Bonchev–Trinajstić information content (AvgIpc) is 2.88. The second-order valence-electron chi connectivity index (χ2n) is 5.05. The summed E-state index contributed by atoms with van der Waals surface area (Å²) in [5, 5.41) is 0.218. The molecular formula is C16H15F2NS. The highest BCUT2D eigenvalue weighted by Crippen LogP contribution is 2.38. The molecule has 0 aromatic heterocycles. The molecule has 0 spiro atoms. The van der Waals surface area contributed by atoms with Gasteiger partial charge in [-0.05, 0) is 36.1 Å². The monoisotopic (exact) mass is 291 g/mol. The van der Waals surface area contributed by atoms with E-state index >= 15 is 0 Å². The molecule has 1 aliphatic heterocycles. The van der Waals surface area contributed by atoms with Crippen LogP contribution in [-0.2, 0) is 12.8 Å². The molecule has 4 heteroatoms. The van der Waals surface area contributed by atoms with E-state index in [2.05, 4.69) is 12.1 Å². The quantitative estimate of drug-likeness (QED) is 0.936. The van der Waals surface area contributed by atoms with Crippen LogP contribution in [0.3, 0.4) is 0 Å². The Bertz CT molecular complexity index is 605. The molecule has 0 aliphatic carbocycles. The molecule has 1 heterocycles. The molecule has 0 amide bonds. The van der Waals surface area contributed by atoms with Crippen molar-refractivity contribution < 1.29 is 8.78 Å². The van der Waals surface area contributed by atoms with Crippen molar-refractivity contribution in [2.45, 2.75) is 29.0 Å². The van der Waals surface area contributed by atoms with Crippen LogP contribution in [0.15, 0.2) is 47.4 Å². The Labute approximate surface area is 121 Å². The van der Waals surface area contributed by atoms with E-state index in [1.54, 1.807) is 17.8 Å². The second-order valence-corrected chi connectivity index (χ2v) is 6.33. The molecule has 1 aliphatic rings. The van der Waals surface area contributed by atoms with Gasteiger partial charge in [-0.2, -0.15) is 0 Å². The first-order valence-corrected chi connectivity index (χ1v) is 7.46. The van der Waals surface area contributed by atoms with Crippen molar-refractivity contribution in [3.8, 4) is 0 Å². The van der Waals surface area contributed by atoms with E-state index in [1.807, 2.05) is 12.1 Å². The molecule has 2 aromatic rings. The second kappa shape index (κ2) is 5.54. The van der Waals surface area contributed by atoms with Crippen LogP contribution in [0.1, 0.15) is 11.1 Å². The Balaban J connectivity index is 1.72. The number of halogens is 2. The number of thioether (sulfide) groups is 1. The predicted molar refractivity (Wildman–Crippen MR) is 77.8 cm³/mol. The number of fused-ring (bicyclic) bond motifs is 1. The van der Waals surface area contributed by atoms with Crippen molar-refractivity contribution in [3.63, 3.8) is 0 Å². The molecule has 0 saturated carbocycles. The van der Waals surface area contributed by atoms with E-state index < -0.39 is 11.6 Å². The first-order chi connectivity index (χ1) is 9.65. The minimum absolute atomic E-state index is 0.191. The van der Waals surface area contributed by atoms with Crippen molar-refractivity contribution >= 4 is 11.8 Å². The minimum atomic E-state index is -0.808. The highest BCUT2D eigenvalue weighted by molar-refractivity contribution is 8.00. The summed E-state index contributed by atoms with van der Waals surface area (Å²) in [6.07, 6.45) is 1.24. The first-order valence-electron chi connectivity index (χ1n) is 6.58. The van der Waals surface area contributed by atoms with Crippen LogP contribution < -0.4 is 5.73 Å². The summed E-state index contributed by atoms with van der Waals surface area (Å²) in [6, 6.07) is 12.3. The summed E-state index contributed by atoms with van der Waals surface area (Å²) in [5.74, 6) is -1.58. The number of hydrogen-bond donors (Lipinski definition) is 1. The summed E-state index contributed by atoms with van der Waals surface area (Å²) in [6.45, 7) is 0. The van der Waals surface area contributed by atoms with Gasteiger partial charge in [0.25, 0.3) is 0 Å². The van der Waals surface area contributed by atoms with Gasteiger partial charge in [-0.1, -0.05) is 30.3 Å². The highest BCUT2D eigenvalue weighted by Gasteiger charge is 2.27. The van der Waals surface area contributed by atoms with E-state index in [-0.39, 0.29) is 11.3 Å². The van der Waals surface area contributed by atoms with Crippen LogP contribution in [0.25, 0.3) is 0 Å². The maximum atomic E-state index is 13.7. The molecule has 2 N–H and O–H groups in total. The smallest absolute Gasteiger partial charge is 0.162 e. The van der Waals surface area contributed by atoms with Crippen LogP contribution in [0.5, 0.6) is 0 Å². The van der Waals surface area contributed by atoms with Gasteiger partial charge in [0.1, 0.15) is 0 Å². The molecule has 104 valence electrons. The third-order valence-corrected chi connectivity index (χ3v) is 5.11. The average molecular weight is 291 g/mol. The maximum Gasteiger partial charge on any atom is 0.162 e. The lowest BCUT2D eigenvalue weighted by Crippen LogP contribution is -2.34. The van der Waals surface area contributed by atoms with E-state index in [4.69, 9.17) is 5.73 Å². The van der Waals surface area contributed by atoms with Crippen molar-refractivity contribution in [3.05, 3.63) is 65.2 Å². The fourth-order valence-corrected chi connectivity index (χ4v) is 3.86. The van der Waals surface area contributed by atoms with Crippen LogP contribution in [0, 0.1) is 11.6 Å². The van der Waals surface area contributed by atoms with E-state index in [1.165, 1.54) is 16.5 Å². The van der Waals surface area contributed by atoms with Gasteiger partial charge in [-0.25, -0.2) is 8.78 Å². The van der Waals surface area contributed by atoms with Gasteiger partial charge in [0.15, 0.2) is 11.6 Å². The third-order valence-electron chi connectivity index (χ3n) is 3.64. The van der Waals surface area contributed by atoms with Crippen LogP contribution in [0.4, 0.5) is 8.78 Å². The zero-order valence-electron chi connectivity index (χ0n) is 10.9. The lowest BCUT2D eigenvalue weighted by Gasteiger charge is -2.18. The van der Waals surface area contributed by atoms with Crippen molar-refractivity contribution in [1.82, 2.24) is 0 Å². The number of nitrogens with two attached hydrogens (primary N) is 1. The van der Waals surface area contributed by atoms with Crippen molar-refractivity contribution in [2.75, 3.05) is 0 Å². The zero-order valence-corrected chi connectivity index (χ0v) is 11.7. The summed E-state index contributed by atoms with van der Waals surface area (Å²) in [4.78, 5) is 1.24. The van der Waals surface area contributed by atoms with Gasteiger partial charge in [-0.15, -0.1) is 11.8 Å². The number of benzene rings is 2. The molecule has 2 atom stereocenters. The summed E-state index contributed by atoms with van der Waals surface area (Å²) in [7, 11) is 0. The molecule has 20 heavy (non-hydrogen) atoms. The minimum Gasteiger partial charge on any atom is -0.326 e. The Morgan fingerprint density at radius 2 is 1.95 bits per heavy atom. The molecule has 0 fully saturated rings. The van der Waals surface area contributed by atoms with Crippen LogP contribution in [0.2, 0.25) is 0 Å². The van der Waals surface area contributed by atoms with Crippen LogP contribution in [-0.4, -0.2) is 11.3 Å². The maximum absolute atomic E-state index is 13.7.